The predicted octanol–water partition coefficient (Wildman–Crippen LogP) is 0.150. The lowest BCUT2D eigenvalue weighted by atomic mass is 10.1. The van der Waals surface area contributed by atoms with Gasteiger partial charge in [-0.1, -0.05) is 12.1 Å². The van der Waals surface area contributed by atoms with Gasteiger partial charge in [0.05, 0.1) is 5.69 Å². The number of carbonyl (C=O) groups is 1. The Hall–Kier alpha value is -1.66. The first-order chi connectivity index (χ1) is 9.61. The van der Waals surface area contributed by atoms with Crippen LogP contribution in [-0.4, -0.2) is 49.6 Å². The van der Waals surface area contributed by atoms with Gasteiger partial charge in [-0.25, -0.2) is 4.39 Å². The van der Waals surface area contributed by atoms with Crippen LogP contribution < -0.4 is 16.4 Å². The highest BCUT2D eigenvalue weighted by atomic mass is 19.1. The van der Waals surface area contributed by atoms with Gasteiger partial charge in [0.25, 0.3) is 0 Å². The van der Waals surface area contributed by atoms with E-state index in [2.05, 4.69) is 4.90 Å². The fourth-order valence-electron chi connectivity index (χ4n) is 2.63. The highest BCUT2D eigenvalue weighted by molar-refractivity contribution is 5.74. The Balaban J connectivity index is 1.95. The van der Waals surface area contributed by atoms with Crippen LogP contribution in [0.3, 0.4) is 0 Å². The van der Waals surface area contributed by atoms with E-state index in [0.717, 1.165) is 26.2 Å². The molecule has 1 fully saturated rings. The molecule has 0 saturated carbocycles. The summed E-state index contributed by atoms with van der Waals surface area (Å²) in [5.41, 5.74) is 11.6. The number of rotatable bonds is 5. The highest BCUT2D eigenvalue weighted by Crippen LogP contribution is 2.20. The lowest BCUT2D eigenvalue weighted by Gasteiger charge is -2.39. The van der Waals surface area contributed by atoms with Gasteiger partial charge in [-0.2, -0.15) is 0 Å². The maximum atomic E-state index is 13.7. The Labute approximate surface area is 118 Å². The Morgan fingerprint density at radius 3 is 2.45 bits per heavy atom. The van der Waals surface area contributed by atoms with Crippen molar-refractivity contribution in [2.24, 2.45) is 11.5 Å². The van der Waals surface area contributed by atoms with E-state index in [1.807, 2.05) is 11.0 Å². The van der Waals surface area contributed by atoms with Crippen LogP contribution in [-0.2, 0) is 4.79 Å². The third-order valence-electron chi connectivity index (χ3n) is 3.73. The molecule has 0 aliphatic carbocycles. The summed E-state index contributed by atoms with van der Waals surface area (Å²) in [7, 11) is 0. The summed E-state index contributed by atoms with van der Waals surface area (Å²) < 4.78 is 13.7. The molecule has 1 unspecified atom stereocenters. The van der Waals surface area contributed by atoms with Gasteiger partial charge >= 0.3 is 0 Å². The van der Waals surface area contributed by atoms with E-state index in [1.54, 1.807) is 12.1 Å². The van der Waals surface area contributed by atoms with Crippen LogP contribution in [0.4, 0.5) is 10.1 Å². The minimum absolute atomic E-state index is 0.0183. The summed E-state index contributed by atoms with van der Waals surface area (Å²) >= 11 is 0. The zero-order valence-corrected chi connectivity index (χ0v) is 11.5. The smallest absolute Gasteiger partial charge is 0.219 e. The van der Waals surface area contributed by atoms with E-state index in [1.165, 1.54) is 6.07 Å². The van der Waals surface area contributed by atoms with Gasteiger partial charge in [0.1, 0.15) is 5.82 Å². The second-order valence-corrected chi connectivity index (χ2v) is 5.03. The quantitative estimate of drug-likeness (QED) is 0.805. The molecule has 0 aromatic heterocycles. The summed E-state index contributed by atoms with van der Waals surface area (Å²) in [6.45, 7) is 3.35. The number of anilines is 1. The van der Waals surface area contributed by atoms with Crippen molar-refractivity contribution in [1.29, 1.82) is 0 Å². The Kier molecular flexibility index (Phi) is 4.92. The van der Waals surface area contributed by atoms with Crippen molar-refractivity contribution in [2.45, 2.75) is 12.5 Å². The SMILES string of the molecule is NCC(CC(N)=O)N1CCN(c2ccccc2F)CC1. The fraction of sp³-hybridized carbons (Fsp3) is 0.500. The van der Waals surface area contributed by atoms with E-state index >= 15 is 0 Å². The van der Waals surface area contributed by atoms with Crippen LogP contribution in [0.1, 0.15) is 6.42 Å². The molecule has 0 bridgehead atoms. The van der Waals surface area contributed by atoms with Crippen molar-refractivity contribution in [3.05, 3.63) is 30.1 Å². The second-order valence-electron chi connectivity index (χ2n) is 5.03. The maximum Gasteiger partial charge on any atom is 0.219 e. The van der Waals surface area contributed by atoms with E-state index in [4.69, 9.17) is 11.5 Å². The molecule has 0 spiro atoms. The molecule has 110 valence electrons. The lowest BCUT2D eigenvalue weighted by molar-refractivity contribution is -0.119. The number of amides is 1. The first-order valence-corrected chi connectivity index (χ1v) is 6.83. The molecule has 6 heteroatoms. The summed E-state index contributed by atoms with van der Waals surface area (Å²) in [5.74, 6) is -0.537. The molecular weight excluding hydrogens is 259 g/mol. The number of primary amides is 1. The summed E-state index contributed by atoms with van der Waals surface area (Å²) in [5, 5.41) is 0. The fourth-order valence-corrected chi connectivity index (χ4v) is 2.63. The maximum absolute atomic E-state index is 13.7. The van der Waals surface area contributed by atoms with E-state index in [9.17, 15) is 9.18 Å². The van der Waals surface area contributed by atoms with Crippen LogP contribution in [0.2, 0.25) is 0 Å². The molecule has 1 atom stereocenters. The number of halogens is 1. The van der Waals surface area contributed by atoms with Crippen LogP contribution in [0.25, 0.3) is 0 Å². The number of carbonyl (C=O) groups excluding carboxylic acids is 1. The van der Waals surface area contributed by atoms with Crippen LogP contribution in [0, 0.1) is 5.82 Å². The molecule has 1 saturated heterocycles. The molecule has 5 nitrogen and oxygen atoms in total. The van der Waals surface area contributed by atoms with Gasteiger partial charge in [-0.15, -0.1) is 0 Å². The average molecular weight is 280 g/mol. The summed E-state index contributed by atoms with van der Waals surface area (Å²) in [6.07, 6.45) is 0.274. The molecule has 1 aliphatic heterocycles. The number of piperazine rings is 1. The molecule has 1 aliphatic rings. The lowest BCUT2D eigenvalue weighted by Crippen LogP contribution is -2.53. The number of nitrogens with two attached hydrogens (primary N) is 2. The van der Waals surface area contributed by atoms with Gasteiger partial charge < -0.3 is 16.4 Å². The predicted molar refractivity (Wildman–Crippen MR) is 76.8 cm³/mol. The topological polar surface area (TPSA) is 75.6 Å². The Morgan fingerprint density at radius 1 is 1.25 bits per heavy atom. The summed E-state index contributed by atoms with van der Waals surface area (Å²) in [6, 6.07) is 6.76. The number of hydrogen-bond donors (Lipinski definition) is 2. The van der Waals surface area contributed by atoms with Crippen molar-refractivity contribution in [1.82, 2.24) is 4.90 Å². The van der Waals surface area contributed by atoms with Gasteiger partial charge in [0, 0.05) is 45.2 Å². The zero-order valence-electron chi connectivity index (χ0n) is 11.5. The number of benzene rings is 1. The molecule has 1 amide bonds. The number of nitrogens with zero attached hydrogens (tertiary/aromatic N) is 2. The Bertz CT molecular complexity index is 460. The monoisotopic (exact) mass is 280 g/mol. The molecule has 1 heterocycles. The molecule has 4 N–H and O–H groups in total. The van der Waals surface area contributed by atoms with E-state index in [-0.39, 0.29) is 24.2 Å². The van der Waals surface area contributed by atoms with E-state index < -0.39 is 0 Å². The number of para-hydroxylation sites is 1. The van der Waals surface area contributed by atoms with Crippen molar-refractivity contribution in [3.8, 4) is 0 Å². The van der Waals surface area contributed by atoms with Gasteiger partial charge in [-0.3, -0.25) is 9.69 Å². The third kappa shape index (κ3) is 3.46. The number of hydrogen-bond acceptors (Lipinski definition) is 4. The van der Waals surface area contributed by atoms with Crippen LogP contribution >= 0.6 is 0 Å². The first kappa shape index (κ1) is 14.7. The van der Waals surface area contributed by atoms with Gasteiger partial charge in [0.2, 0.25) is 5.91 Å². The van der Waals surface area contributed by atoms with Crippen molar-refractivity contribution in [2.75, 3.05) is 37.6 Å². The molecule has 1 aromatic carbocycles. The molecular formula is C14H21FN4O. The largest absolute Gasteiger partial charge is 0.370 e. The minimum atomic E-state index is -0.336. The second kappa shape index (κ2) is 6.67. The van der Waals surface area contributed by atoms with Gasteiger partial charge in [0.15, 0.2) is 0 Å². The normalized spacial score (nSPS) is 18.0. The average Bonchev–Trinajstić information content (AvgIpc) is 2.45. The van der Waals surface area contributed by atoms with Crippen molar-refractivity contribution < 1.29 is 9.18 Å². The van der Waals surface area contributed by atoms with Crippen molar-refractivity contribution in [3.63, 3.8) is 0 Å². The van der Waals surface area contributed by atoms with E-state index in [0.29, 0.717) is 12.2 Å². The molecule has 0 radical (unpaired) electrons. The first-order valence-electron chi connectivity index (χ1n) is 6.83. The zero-order chi connectivity index (χ0) is 14.5. The minimum Gasteiger partial charge on any atom is -0.370 e. The standard InChI is InChI=1S/C14H21FN4O/c15-12-3-1-2-4-13(12)19-7-5-18(6-8-19)11(10-16)9-14(17)20/h1-4,11H,5-10,16H2,(H2,17,20). The Morgan fingerprint density at radius 2 is 1.90 bits per heavy atom. The van der Waals surface area contributed by atoms with Crippen LogP contribution in [0.5, 0.6) is 0 Å². The van der Waals surface area contributed by atoms with Crippen LogP contribution in [0.15, 0.2) is 24.3 Å². The van der Waals surface area contributed by atoms with Crippen molar-refractivity contribution >= 4 is 11.6 Å². The summed E-state index contributed by atoms with van der Waals surface area (Å²) in [4.78, 5) is 15.2. The molecule has 2 rings (SSSR count). The molecule has 1 aromatic rings. The highest BCUT2D eigenvalue weighted by Gasteiger charge is 2.25. The molecule has 20 heavy (non-hydrogen) atoms. The third-order valence-corrected chi connectivity index (χ3v) is 3.73. The van der Waals surface area contributed by atoms with Gasteiger partial charge in [-0.05, 0) is 12.1 Å².